The first-order chi connectivity index (χ1) is 12.1. The number of rotatable bonds is 4. The molecule has 2 heterocycles. The summed E-state index contributed by atoms with van der Waals surface area (Å²) in [6.45, 7) is 0.981. The summed E-state index contributed by atoms with van der Waals surface area (Å²) < 4.78 is 25.4. The molecule has 0 bridgehead atoms. The van der Waals surface area contributed by atoms with Crippen LogP contribution in [0.3, 0.4) is 0 Å². The van der Waals surface area contributed by atoms with Crippen molar-refractivity contribution in [2.24, 2.45) is 0 Å². The highest BCUT2D eigenvalue weighted by atomic mass is 19.1. The van der Waals surface area contributed by atoms with Crippen molar-refractivity contribution < 1.29 is 18.7 Å². The van der Waals surface area contributed by atoms with Crippen molar-refractivity contribution in [2.75, 3.05) is 18.0 Å². The molecule has 0 aliphatic carbocycles. The van der Waals surface area contributed by atoms with Crippen molar-refractivity contribution in [3.63, 3.8) is 0 Å². The van der Waals surface area contributed by atoms with Gasteiger partial charge in [-0.15, -0.1) is 0 Å². The summed E-state index contributed by atoms with van der Waals surface area (Å²) in [6.07, 6.45) is -0.456. The van der Waals surface area contributed by atoms with E-state index in [9.17, 15) is 14.3 Å². The van der Waals surface area contributed by atoms with Crippen LogP contribution >= 0.6 is 0 Å². The number of anilines is 1. The van der Waals surface area contributed by atoms with E-state index in [-0.39, 0.29) is 17.9 Å². The smallest absolute Gasteiger partial charge is 0.339 e. The fraction of sp³-hybridized carbons (Fsp3) is 0.211. The number of halogens is 1. The van der Waals surface area contributed by atoms with E-state index in [0.29, 0.717) is 24.2 Å². The molecular formula is C19H16FNO4. The van der Waals surface area contributed by atoms with Crippen LogP contribution in [0.5, 0.6) is 5.75 Å². The van der Waals surface area contributed by atoms with Crippen molar-refractivity contribution in [3.8, 4) is 5.75 Å². The molecule has 0 spiro atoms. The Morgan fingerprint density at radius 1 is 1.20 bits per heavy atom. The van der Waals surface area contributed by atoms with Gasteiger partial charge in [0.2, 0.25) is 0 Å². The molecular weight excluding hydrogens is 325 g/mol. The van der Waals surface area contributed by atoms with Crippen molar-refractivity contribution in [2.45, 2.75) is 12.7 Å². The largest absolute Gasteiger partial charge is 0.488 e. The second-order valence-electron chi connectivity index (χ2n) is 6.06. The summed E-state index contributed by atoms with van der Waals surface area (Å²) >= 11 is 0. The maximum Gasteiger partial charge on any atom is 0.339 e. The third-order valence-electron chi connectivity index (χ3n) is 4.21. The van der Waals surface area contributed by atoms with Crippen LogP contribution < -0.4 is 15.3 Å². The van der Waals surface area contributed by atoms with E-state index < -0.39 is 17.5 Å². The number of nitrogens with zero attached hydrogens (tertiary/aromatic N) is 1. The van der Waals surface area contributed by atoms with Gasteiger partial charge in [0.25, 0.3) is 0 Å². The highest BCUT2D eigenvalue weighted by Crippen LogP contribution is 2.32. The van der Waals surface area contributed by atoms with Gasteiger partial charge < -0.3 is 19.2 Å². The number of hydrogen-bond acceptors (Lipinski definition) is 5. The van der Waals surface area contributed by atoms with E-state index >= 15 is 0 Å². The van der Waals surface area contributed by atoms with Crippen LogP contribution in [0.15, 0.2) is 57.7 Å². The summed E-state index contributed by atoms with van der Waals surface area (Å²) in [5.41, 5.74) is 0.946. The lowest BCUT2D eigenvalue weighted by Gasteiger charge is -2.37. The Bertz CT molecular complexity index is 964. The van der Waals surface area contributed by atoms with E-state index in [1.807, 2.05) is 30.3 Å². The Morgan fingerprint density at radius 3 is 2.68 bits per heavy atom. The lowest BCUT2D eigenvalue weighted by Crippen LogP contribution is -2.51. The van der Waals surface area contributed by atoms with E-state index in [1.54, 1.807) is 4.90 Å². The average Bonchev–Trinajstić information content (AvgIpc) is 2.58. The average molecular weight is 341 g/mol. The maximum atomic E-state index is 14.5. The predicted molar refractivity (Wildman–Crippen MR) is 91.4 cm³/mol. The van der Waals surface area contributed by atoms with Gasteiger partial charge in [-0.25, -0.2) is 9.18 Å². The Labute approximate surface area is 142 Å². The summed E-state index contributed by atoms with van der Waals surface area (Å²) in [7, 11) is 0. The molecule has 128 valence electrons. The topological polar surface area (TPSA) is 62.9 Å². The molecule has 1 aliphatic rings. The lowest BCUT2D eigenvalue weighted by atomic mass is 10.1. The normalized spacial score (nSPS) is 14.6. The van der Waals surface area contributed by atoms with E-state index in [2.05, 4.69) is 0 Å². The first kappa shape index (κ1) is 15.7. The van der Waals surface area contributed by atoms with Gasteiger partial charge in [0.05, 0.1) is 23.2 Å². The number of ether oxygens (including phenoxy) is 1. The molecule has 4 rings (SSSR count). The number of aliphatic hydroxyl groups is 1. The molecule has 0 saturated carbocycles. The molecule has 0 amide bonds. The van der Waals surface area contributed by atoms with E-state index in [4.69, 9.17) is 9.15 Å². The summed E-state index contributed by atoms with van der Waals surface area (Å²) in [6, 6.07) is 13.5. The Kier molecular flexibility index (Phi) is 3.89. The van der Waals surface area contributed by atoms with Crippen LogP contribution in [0.1, 0.15) is 5.56 Å². The molecule has 1 aromatic heterocycles. The summed E-state index contributed by atoms with van der Waals surface area (Å²) in [5, 5.41) is 9.79. The quantitative estimate of drug-likeness (QED) is 0.739. The lowest BCUT2D eigenvalue weighted by molar-refractivity contribution is 0.141. The molecule has 1 N–H and O–H groups in total. The monoisotopic (exact) mass is 341 g/mol. The van der Waals surface area contributed by atoms with Crippen molar-refractivity contribution in [3.05, 3.63) is 70.3 Å². The Morgan fingerprint density at radius 2 is 1.96 bits per heavy atom. The van der Waals surface area contributed by atoms with Gasteiger partial charge >= 0.3 is 5.63 Å². The fourth-order valence-corrected chi connectivity index (χ4v) is 2.89. The third-order valence-corrected chi connectivity index (χ3v) is 4.21. The zero-order chi connectivity index (χ0) is 17.4. The molecule has 1 saturated heterocycles. The molecule has 3 aromatic rings. The number of fused-ring (bicyclic) bond motifs is 1. The molecule has 5 nitrogen and oxygen atoms in total. The van der Waals surface area contributed by atoms with Gasteiger partial charge in [0.1, 0.15) is 23.8 Å². The Hall–Kier alpha value is -2.86. The first-order valence-corrected chi connectivity index (χ1v) is 7.97. The maximum absolute atomic E-state index is 14.5. The highest BCUT2D eigenvalue weighted by Gasteiger charge is 2.27. The van der Waals surface area contributed by atoms with Gasteiger partial charge in [0, 0.05) is 19.2 Å². The molecule has 6 heteroatoms. The minimum Gasteiger partial charge on any atom is -0.488 e. The van der Waals surface area contributed by atoms with Gasteiger partial charge in [-0.1, -0.05) is 30.3 Å². The van der Waals surface area contributed by atoms with Crippen molar-refractivity contribution in [1.82, 2.24) is 0 Å². The number of β-amino-alcohol motifs (C(OH)–C–C–N with tert-alkyl or cyclic N) is 1. The summed E-state index contributed by atoms with van der Waals surface area (Å²) in [4.78, 5) is 13.5. The van der Waals surface area contributed by atoms with E-state index in [0.717, 1.165) is 5.56 Å². The van der Waals surface area contributed by atoms with Gasteiger partial charge in [-0.05, 0) is 11.6 Å². The molecule has 1 fully saturated rings. The molecule has 1 aliphatic heterocycles. The van der Waals surface area contributed by atoms with Crippen LogP contribution in [0.4, 0.5) is 10.1 Å². The second kappa shape index (κ2) is 6.22. The van der Waals surface area contributed by atoms with Crippen LogP contribution in [0, 0.1) is 5.82 Å². The van der Waals surface area contributed by atoms with Crippen molar-refractivity contribution >= 4 is 16.7 Å². The minimum absolute atomic E-state index is 0.258. The number of aliphatic hydroxyl groups excluding tert-OH is 1. The van der Waals surface area contributed by atoms with E-state index in [1.165, 1.54) is 18.2 Å². The first-order valence-electron chi connectivity index (χ1n) is 7.97. The van der Waals surface area contributed by atoms with Gasteiger partial charge in [-0.3, -0.25) is 0 Å². The second-order valence-corrected chi connectivity index (χ2v) is 6.06. The minimum atomic E-state index is -0.559. The highest BCUT2D eigenvalue weighted by molar-refractivity contribution is 5.86. The summed E-state index contributed by atoms with van der Waals surface area (Å²) in [5.74, 6) is -0.165. The zero-order valence-electron chi connectivity index (χ0n) is 13.3. The third kappa shape index (κ3) is 3.08. The molecule has 2 aromatic carbocycles. The van der Waals surface area contributed by atoms with Crippen LogP contribution in [-0.4, -0.2) is 24.3 Å². The zero-order valence-corrected chi connectivity index (χ0v) is 13.3. The van der Waals surface area contributed by atoms with Crippen LogP contribution in [-0.2, 0) is 6.61 Å². The predicted octanol–water partition coefficient (Wildman–Crippen LogP) is 2.69. The molecule has 0 unspecified atom stereocenters. The van der Waals surface area contributed by atoms with Crippen LogP contribution in [0.25, 0.3) is 11.0 Å². The fourth-order valence-electron chi connectivity index (χ4n) is 2.89. The van der Waals surface area contributed by atoms with Gasteiger partial charge in [0.15, 0.2) is 0 Å². The van der Waals surface area contributed by atoms with Gasteiger partial charge in [-0.2, -0.15) is 0 Å². The molecule has 25 heavy (non-hydrogen) atoms. The van der Waals surface area contributed by atoms with Crippen molar-refractivity contribution in [1.29, 1.82) is 0 Å². The molecule has 0 atom stereocenters. The number of benzene rings is 2. The number of hydrogen-bond donors (Lipinski definition) is 1. The Balaban J connectivity index is 1.69. The van der Waals surface area contributed by atoms with Crippen LogP contribution in [0.2, 0.25) is 0 Å². The standard InChI is InChI=1S/C19H16FNO4/c20-15-6-14-17(24-11-12-4-2-1-3-5-12)8-19(23)25-18(14)7-16(15)21-9-13(22)10-21/h1-8,13,22H,9-11H2. The molecule has 0 radical (unpaired) electrons. The SMILES string of the molecule is O=c1cc(OCc2ccccc2)c2cc(F)c(N3CC(O)C3)cc2o1.